The topological polar surface area (TPSA) is 93.8 Å². The molecule has 0 spiro atoms. The van der Waals surface area contributed by atoms with Gasteiger partial charge in [0.05, 0.1) is 12.0 Å². The van der Waals surface area contributed by atoms with Gasteiger partial charge in [-0.15, -0.1) is 0 Å². The van der Waals surface area contributed by atoms with Crippen LogP contribution in [0.5, 0.6) is 0 Å². The molecule has 0 aromatic rings. The van der Waals surface area contributed by atoms with E-state index in [1.165, 1.54) is 0 Å². The number of hydrogen-bond acceptors (Lipinski definition) is 4. The molecule has 2 saturated carbocycles. The number of nitrogens with zero attached hydrogens (tertiary/aromatic N) is 1. The summed E-state index contributed by atoms with van der Waals surface area (Å²) >= 11 is 0. The lowest BCUT2D eigenvalue weighted by Gasteiger charge is -2.45. The Labute approximate surface area is 119 Å². The zero-order valence-corrected chi connectivity index (χ0v) is 12.0. The Morgan fingerprint density at radius 1 is 1.45 bits per heavy atom. The first-order valence-corrected chi connectivity index (χ1v) is 7.36. The van der Waals surface area contributed by atoms with Crippen molar-refractivity contribution in [3.8, 4) is 0 Å². The molecule has 0 aromatic heterocycles. The molecular formula is C14H23N3O3. The summed E-state index contributed by atoms with van der Waals surface area (Å²) in [7, 11) is 0. The Hall–Kier alpha value is -1.59. The number of urea groups is 1. The first-order chi connectivity index (χ1) is 9.58. The fraction of sp³-hybridized carbons (Fsp3) is 0.786. The largest absolute Gasteiger partial charge is 0.466 e. The molecule has 2 unspecified atom stereocenters. The smallest absolute Gasteiger partial charge is 0.332 e. The van der Waals surface area contributed by atoms with Gasteiger partial charge in [-0.1, -0.05) is 12.8 Å². The average molecular weight is 281 g/mol. The molecule has 0 radical (unpaired) electrons. The summed E-state index contributed by atoms with van der Waals surface area (Å²) in [5.41, 5.74) is 7.91. The van der Waals surface area contributed by atoms with Crippen LogP contribution in [0.15, 0.2) is 5.10 Å². The van der Waals surface area contributed by atoms with E-state index in [4.69, 9.17) is 10.5 Å². The lowest BCUT2D eigenvalue weighted by Crippen LogP contribution is -2.46. The molecule has 2 fully saturated rings. The lowest BCUT2D eigenvalue weighted by molar-refractivity contribution is -0.163. The number of carbonyl (C=O) groups is 2. The van der Waals surface area contributed by atoms with E-state index in [-0.39, 0.29) is 17.3 Å². The molecule has 3 N–H and O–H groups in total. The van der Waals surface area contributed by atoms with E-state index in [0.29, 0.717) is 6.61 Å². The summed E-state index contributed by atoms with van der Waals surface area (Å²) in [6.07, 6.45) is 6.38. The minimum atomic E-state index is -0.650. The highest BCUT2D eigenvalue weighted by Crippen LogP contribution is 2.50. The minimum Gasteiger partial charge on any atom is -0.466 e. The summed E-state index contributed by atoms with van der Waals surface area (Å²) in [6, 6.07) is -0.650. The van der Waals surface area contributed by atoms with Gasteiger partial charge in [-0.25, -0.2) is 10.2 Å². The third-order valence-corrected chi connectivity index (χ3v) is 4.55. The summed E-state index contributed by atoms with van der Waals surface area (Å²) in [4.78, 5) is 23.1. The monoisotopic (exact) mass is 281 g/mol. The Bertz CT molecular complexity index is 422. The van der Waals surface area contributed by atoms with Crippen molar-refractivity contribution in [1.29, 1.82) is 0 Å². The van der Waals surface area contributed by atoms with Crippen molar-refractivity contribution in [2.75, 3.05) is 6.61 Å². The maximum absolute atomic E-state index is 12.4. The van der Waals surface area contributed by atoms with Crippen LogP contribution >= 0.6 is 0 Å². The van der Waals surface area contributed by atoms with E-state index in [0.717, 1.165) is 50.7 Å². The predicted molar refractivity (Wildman–Crippen MR) is 75.0 cm³/mol. The molecule has 2 atom stereocenters. The average Bonchev–Trinajstić information content (AvgIpc) is 2.45. The number of primary amides is 1. The van der Waals surface area contributed by atoms with E-state index >= 15 is 0 Å². The van der Waals surface area contributed by atoms with Crippen LogP contribution in [-0.2, 0) is 9.53 Å². The number of hydrazone groups is 1. The summed E-state index contributed by atoms with van der Waals surface area (Å²) in [5.74, 6) is 0.226. The molecule has 6 nitrogen and oxygen atoms in total. The Morgan fingerprint density at radius 3 is 2.95 bits per heavy atom. The van der Waals surface area contributed by atoms with Gasteiger partial charge in [0.2, 0.25) is 0 Å². The molecule has 2 aliphatic carbocycles. The zero-order valence-electron chi connectivity index (χ0n) is 12.0. The van der Waals surface area contributed by atoms with Gasteiger partial charge in [0, 0.05) is 5.71 Å². The molecule has 6 heteroatoms. The molecule has 112 valence electrons. The fourth-order valence-corrected chi connectivity index (χ4v) is 3.57. The highest BCUT2D eigenvalue weighted by molar-refractivity contribution is 5.89. The van der Waals surface area contributed by atoms with Crippen LogP contribution in [0.1, 0.15) is 51.9 Å². The van der Waals surface area contributed by atoms with Crippen LogP contribution in [0.4, 0.5) is 4.79 Å². The van der Waals surface area contributed by atoms with Crippen molar-refractivity contribution in [3.05, 3.63) is 0 Å². The number of esters is 1. The first kappa shape index (κ1) is 14.8. The molecule has 0 aliphatic heterocycles. The molecule has 0 bridgehead atoms. The summed E-state index contributed by atoms with van der Waals surface area (Å²) in [6.45, 7) is 2.27. The van der Waals surface area contributed by atoms with E-state index < -0.39 is 6.03 Å². The third kappa shape index (κ3) is 2.94. The van der Waals surface area contributed by atoms with Gasteiger partial charge >= 0.3 is 12.0 Å². The number of rotatable bonds is 3. The Morgan fingerprint density at radius 2 is 2.25 bits per heavy atom. The SMILES string of the molecule is CCOC(=O)C12CCCCC1C/C(=N/NC(N)=O)CC2. The fourth-order valence-electron chi connectivity index (χ4n) is 3.57. The van der Waals surface area contributed by atoms with E-state index in [1.807, 2.05) is 6.92 Å². The molecule has 2 amide bonds. The maximum Gasteiger partial charge on any atom is 0.332 e. The van der Waals surface area contributed by atoms with Gasteiger partial charge in [-0.3, -0.25) is 4.79 Å². The van der Waals surface area contributed by atoms with Crippen LogP contribution in [0.25, 0.3) is 0 Å². The second-order valence-electron chi connectivity index (χ2n) is 5.68. The van der Waals surface area contributed by atoms with E-state index in [9.17, 15) is 9.59 Å². The van der Waals surface area contributed by atoms with Crippen molar-refractivity contribution in [1.82, 2.24) is 5.43 Å². The van der Waals surface area contributed by atoms with Crippen LogP contribution < -0.4 is 11.2 Å². The minimum absolute atomic E-state index is 0.0494. The highest BCUT2D eigenvalue weighted by Gasteiger charge is 2.50. The van der Waals surface area contributed by atoms with Gasteiger partial charge in [0.1, 0.15) is 0 Å². The molecule has 20 heavy (non-hydrogen) atoms. The highest BCUT2D eigenvalue weighted by atomic mass is 16.5. The van der Waals surface area contributed by atoms with Gasteiger partial charge < -0.3 is 10.5 Å². The quantitative estimate of drug-likeness (QED) is 0.611. The number of hydrogen-bond donors (Lipinski definition) is 2. The van der Waals surface area contributed by atoms with Crippen molar-refractivity contribution < 1.29 is 14.3 Å². The predicted octanol–water partition coefficient (Wildman–Crippen LogP) is 1.93. The normalized spacial score (nSPS) is 31.4. The van der Waals surface area contributed by atoms with Gasteiger partial charge in [-0.2, -0.15) is 5.10 Å². The number of fused-ring (bicyclic) bond motifs is 1. The number of ether oxygens (including phenoxy) is 1. The molecule has 0 saturated heterocycles. The molecule has 2 aliphatic rings. The van der Waals surface area contributed by atoms with Crippen molar-refractivity contribution in [2.24, 2.45) is 22.2 Å². The number of nitrogens with two attached hydrogens (primary N) is 1. The lowest BCUT2D eigenvalue weighted by atomic mass is 9.59. The maximum atomic E-state index is 12.4. The Kier molecular flexibility index (Phi) is 4.62. The Balaban J connectivity index is 2.11. The van der Waals surface area contributed by atoms with Crippen LogP contribution in [-0.4, -0.2) is 24.3 Å². The summed E-state index contributed by atoms with van der Waals surface area (Å²) < 4.78 is 5.31. The van der Waals surface area contributed by atoms with Crippen molar-refractivity contribution >= 4 is 17.7 Å². The standard InChI is InChI=1S/C14H23N3O3/c1-2-20-12(18)14-7-4-3-5-10(14)9-11(6-8-14)16-17-13(15)19/h10H,2-9H2,1H3,(H3,15,17,19)/b16-11+. The van der Waals surface area contributed by atoms with Gasteiger partial charge in [0.15, 0.2) is 0 Å². The molecule has 0 aromatic carbocycles. The van der Waals surface area contributed by atoms with Crippen LogP contribution in [0.2, 0.25) is 0 Å². The molecule has 2 rings (SSSR count). The second-order valence-corrected chi connectivity index (χ2v) is 5.68. The van der Waals surface area contributed by atoms with Crippen LogP contribution in [0.3, 0.4) is 0 Å². The van der Waals surface area contributed by atoms with Gasteiger partial charge in [0.25, 0.3) is 0 Å². The molecule has 0 heterocycles. The third-order valence-electron chi connectivity index (χ3n) is 4.55. The molecular weight excluding hydrogens is 258 g/mol. The van der Waals surface area contributed by atoms with Crippen molar-refractivity contribution in [2.45, 2.75) is 51.9 Å². The van der Waals surface area contributed by atoms with Crippen LogP contribution in [0, 0.1) is 11.3 Å². The summed E-state index contributed by atoms with van der Waals surface area (Å²) in [5, 5.41) is 4.05. The second kappa shape index (κ2) is 6.24. The zero-order chi connectivity index (χ0) is 14.6. The number of nitrogens with one attached hydrogen (secondary N) is 1. The number of carbonyl (C=O) groups excluding carboxylic acids is 2. The first-order valence-electron chi connectivity index (χ1n) is 7.36. The van der Waals surface area contributed by atoms with Crippen molar-refractivity contribution in [3.63, 3.8) is 0 Å². The van der Waals surface area contributed by atoms with E-state index in [1.54, 1.807) is 0 Å². The number of amides is 2. The van der Waals surface area contributed by atoms with E-state index in [2.05, 4.69) is 10.5 Å². The van der Waals surface area contributed by atoms with Gasteiger partial charge in [-0.05, 0) is 44.9 Å².